The monoisotopic (exact) mass is 508 g/mol. The number of hydrogen-bond acceptors (Lipinski definition) is 8. The number of nitrogens with zero attached hydrogens (tertiary/aromatic N) is 7. The van der Waals surface area contributed by atoms with E-state index in [1.54, 1.807) is 37.5 Å². The molecule has 1 aromatic carbocycles. The van der Waals surface area contributed by atoms with Crippen molar-refractivity contribution >= 4 is 16.9 Å². The molecule has 0 aliphatic rings. The summed E-state index contributed by atoms with van der Waals surface area (Å²) in [6, 6.07) is 8.37. The number of fused-ring (bicyclic) bond motifs is 1. The molecule has 0 saturated heterocycles. The number of pyridine rings is 1. The first-order valence-corrected chi connectivity index (χ1v) is 11.7. The van der Waals surface area contributed by atoms with Gasteiger partial charge in [0.15, 0.2) is 11.6 Å². The van der Waals surface area contributed by atoms with E-state index in [0.717, 1.165) is 16.8 Å². The van der Waals surface area contributed by atoms with Crippen LogP contribution >= 0.6 is 0 Å². The molecule has 10 heteroatoms. The molecule has 0 unspecified atom stereocenters. The van der Waals surface area contributed by atoms with Crippen molar-refractivity contribution in [2.75, 3.05) is 19.8 Å². The average Bonchev–Trinajstić information content (AvgIpc) is 3.18. The minimum absolute atomic E-state index is 0.00121. The number of halogens is 1. The first kappa shape index (κ1) is 24.8. The molecular formula is C28H25FN8O. The van der Waals surface area contributed by atoms with E-state index >= 15 is 4.39 Å². The van der Waals surface area contributed by atoms with Gasteiger partial charge in [-0.1, -0.05) is 12.0 Å². The molecule has 38 heavy (non-hydrogen) atoms. The van der Waals surface area contributed by atoms with Crippen LogP contribution in [0.15, 0.2) is 49.1 Å². The fraction of sp³-hybridized carbons (Fsp3) is 0.179. The van der Waals surface area contributed by atoms with E-state index in [2.05, 4.69) is 30.8 Å². The Labute approximate surface area is 219 Å². The van der Waals surface area contributed by atoms with Crippen LogP contribution in [0.2, 0.25) is 0 Å². The van der Waals surface area contributed by atoms with Gasteiger partial charge in [0, 0.05) is 42.8 Å². The molecule has 5 aromatic rings. The third kappa shape index (κ3) is 4.51. The number of aryl methyl sites for hydroxylation is 2. The van der Waals surface area contributed by atoms with Crippen molar-refractivity contribution in [3.63, 3.8) is 0 Å². The summed E-state index contributed by atoms with van der Waals surface area (Å²) in [5.41, 5.74) is 12.0. The highest BCUT2D eigenvalue weighted by molar-refractivity contribution is 6.08. The largest absolute Gasteiger partial charge is 0.421 e. The standard InChI is InChI=1S/C28H25FN8O/c1-6-19-11-18(14-36(3)4)20(13-32-19)25-23(24-26(30)33-15-34-27(24)37(25)5)17-7-8-22(21(29)12-17)38-28-31-10-9-16(2)35-28/h1,7-13,15H,14H2,2-5H3,(H2,30,33,34). The van der Waals surface area contributed by atoms with E-state index in [4.69, 9.17) is 16.9 Å². The lowest BCUT2D eigenvalue weighted by Gasteiger charge is -2.17. The molecule has 0 amide bonds. The van der Waals surface area contributed by atoms with Crippen molar-refractivity contribution in [3.8, 4) is 46.5 Å². The maximum atomic E-state index is 15.4. The Morgan fingerprint density at radius 1 is 1.13 bits per heavy atom. The fourth-order valence-electron chi connectivity index (χ4n) is 4.45. The summed E-state index contributed by atoms with van der Waals surface area (Å²) in [7, 11) is 5.82. The van der Waals surface area contributed by atoms with Crippen LogP contribution in [0.1, 0.15) is 17.0 Å². The number of rotatable bonds is 6. The van der Waals surface area contributed by atoms with Crippen LogP contribution in [-0.2, 0) is 13.6 Å². The third-order valence-electron chi connectivity index (χ3n) is 6.07. The van der Waals surface area contributed by atoms with Gasteiger partial charge in [-0.15, -0.1) is 6.42 Å². The first-order valence-electron chi connectivity index (χ1n) is 11.7. The molecule has 0 atom stereocenters. The zero-order valence-electron chi connectivity index (χ0n) is 21.4. The van der Waals surface area contributed by atoms with E-state index in [1.807, 2.05) is 36.7 Å². The van der Waals surface area contributed by atoms with Gasteiger partial charge in [-0.05, 0) is 56.4 Å². The Kier molecular flexibility index (Phi) is 6.45. The van der Waals surface area contributed by atoms with E-state index < -0.39 is 5.82 Å². The summed E-state index contributed by atoms with van der Waals surface area (Å²) in [5, 5.41) is 0.608. The zero-order chi connectivity index (χ0) is 27.0. The average molecular weight is 509 g/mol. The number of anilines is 1. The molecule has 5 rings (SSSR count). The summed E-state index contributed by atoms with van der Waals surface area (Å²) in [6.07, 6.45) is 10.3. The van der Waals surface area contributed by atoms with E-state index in [-0.39, 0.29) is 17.6 Å². The van der Waals surface area contributed by atoms with Crippen molar-refractivity contribution in [1.29, 1.82) is 0 Å². The van der Waals surface area contributed by atoms with Gasteiger partial charge in [0.1, 0.15) is 23.5 Å². The second kappa shape index (κ2) is 9.88. The van der Waals surface area contributed by atoms with Crippen LogP contribution in [-0.4, -0.2) is 48.5 Å². The number of ether oxygens (including phenoxy) is 1. The Balaban J connectivity index is 1.73. The van der Waals surface area contributed by atoms with Gasteiger partial charge in [0.05, 0.1) is 11.1 Å². The maximum Gasteiger partial charge on any atom is 0.322 e. The molecular weight excluding hydrogens is 483 g/mol. The topological polar surface area (TPSA) is 108 Å². The highest BCUT2D eigenvalue weighted by Crippen LogP contribution is 2.43. The summed E-state index contributed by atoms with van der Waals surface area (Å²) < 4.78 is 23.0. The molecule has 0 bridgehead atoms. The predicted molar refractivity (Wildman–Crippen MR) is 144 cm³/mol. The second-order valence-electron chi connectivity index (χ2n) is 9.08. The van der Waals surface area contributed by atoms with Crippen LogP contribution in [0.5, 0.6) is 11.8 Å². The lowest BCUT2D eigenvalue weighted by atomic mass is 9.96. The van der Waals surface area contributed by atoms with Crippen LogP contribution in [0.25, 0.3) is 33.4 Å². The first-order chi connectivity index (χ1) is 18.3. The van der Waals surface area contributed by atoms with Crippen LogP contribution in [0, 0.1) is 25.1 Å². The van der Waals surface area contributed by atoms with Crippen LogP contribution in [0.3, 0.4) is 0 Å². The molecule has 4 aromatic heterocycles. The molecule has 0 spiro atoms. The Morgan fingerprint density at radius 2 is 1.95 bits per heavy atom. The van der Waals surface area contributed by atoms with Crippen molar-refractivity contribution in [2.45, 2.75) is 13.5 Å². The molecule has 0 saturated carbocycles. The second-order valence-corrected chi connectivity index (χ2v) is 9.08. The number of terminal acetylenes is 1. The zero-order valence-corrected chi connectivity index (χ0v) is 21.4. The normalized spacial score (nSPS) is 11.2. The van der Waals surface area contributed by atoms with Crippen molar-refractivity contribution in [2.24, 2.45) is 7.05 Å². The van der Waals surface area contributed by atoms with Gasteiger partial charge in [-0.25, -0.2) is 29.3 Å². The van der Waals surface area contributed by atoms with Crippen LogP contribution < -0.4 is 10.5 Å². The highest BCUT2D eigenvalue weighted by Gasteiger charge is 2.25. The van der Waals surface area contributed by atoms with E-state index in [9.17, 15) is 0 Å². The predicted octanol–water partition coefficient (Wildman–Crippen LogP) is 4.35. The lowest BCUT2D eigenvalue weighted by Crippen LogP contribution is -2.12. The lowest BCUT2D eigenvalue weighted by molar-refractivity contribution is 0.403. The van der Waals surface area contributed by atoms with Gasteiger partial charge in [0.25, 0.3) is 0 Å². The molecule has 0 aliphatic carbocycles. The molecule has 0 aliphatic heterocycles. The number of aromatic nitrogens is 6. The number of nitrogen functional groups attached to an aromatic ring is 1. The van der Waals surface area contributed by atoms with E-state index in [0.29, 0.717) is 40.1 Å². The van der Waals surface area contributed by atoms with Crippen LogP contribution in [0.4, 0.5) is 10.2 Å². The smallest absolute Gasteiger partial charge is 0.322 e. The number of benzene rings is 1. The highest BCUT2D eigenvalue weighted by atomic mass is 19.1. The minimum Gasteiger partial charge on any atom is -0.421 e. The maximum absolute atomic E-state index is 15.4. The molecule has 190 valence electrons. The van der Waals surface area contributed by atoms with Gasteiger partial charge in [-0.3, -0.25) is 0 Å². The summed E-state index contributed by atoms with van der Waals surface area (Å²) in [4.78, 5) is 23.4. The quantitative estimate of drug-likeness (QED) is 0.337. The van der Waals surface area contributed by atoms with Gasteiger partial charge >= 0.3 is 6.01 Å². The van der Waals surface area contributed by atoms with E-state index in [1.165, 1.54) is 12.4 Å². The molecule has 0 radical (unpaired) electrons. The van der Waals surface area contributed by atoms with Crippen molar-refractivity contribution in [3.05, 3.63) is 71.8 Å². The molecule has 9 nitrogen and oxygen atoms in total. The van der Waals surface area contributed by atoms with Crippen molar-refractivity contribution < 1.29 is 9.13 Å². The van der Waals surface area contributed by atoms with Gasteiger partial charge in [-0.2, -0.15) is 0 Å². The fourth-order valence-corrected chi connectivity index (χ4v) is 4.45. The Morgan fingerprint density at radius 3 is 2.66 bits per heavy atom. The Hall–Kier alpha value is -4.88. The number of hydrogen-bond donors (Lipinski definition) is 1. The van der Waals surface area contributed by atoms with Gasteiger partial charge in [0.2, 0.25) is 0 Å². The van der Waals surface area contributed by atoms with Crippen molar-refractivity contribution in [1.82, 2.24) is 34.4 Å². The SMILES string of the molecule is C#Cc1cc(CN(C)C)c(-c2c(-c3ccc(Oc4nccc(C)n4)c(F)c3)c3c(N)ncnc3n2C)cn1. The van der Waals surface area contributed by atoms with Gasteiger partial charge < -0.3 is 19.9 Å². The summed E-state index contributed by atoms with van der Waals surface area (Å²) in [5.74, 6) is 2.30. The molecule has 2 N–H and O–H groups in total. The molecule has 0 fully saturated rings. The Bertz CT molecular complexity index is 1720. The number of nitrogens with two attached hydrogens (primary N) is 1. The summed E-state index contributed by atoms with van der Waals surface area (Å²) >= 11 is 0. The minimum atomic E-state index is -0.583. The molecule has 4 heterocycles. The summed E-state index contributed by atoms with van der Waals surface area (Å²) in [6.45, 7) is 2.41. The third-order valence-corrected chi connectivity index (χ3v) is 6.07.